The minimum absolute atomic E-state index is 0.0973. The first-order valence-electron chi connectivity index (χ1n) is 19.4. The Morgan fingerprint density at radius 2 is 1.02 bits per heavy atom. The third-order valence-electron chi connectivity index (χ3n) is 9.94. The molecular formula is C50H33NO. The Morgan fingerprint density at radius 3 is 1.88 bits per heavy atom. The Balaban J connectivity index is 1.20. The molecule has 9 aromatic carbocycles. The zero-order valence-electron chi connectivity index (χ0n) is 32.1. The van der Waals surface area contributed by atoms with Crippen molar-refractivity contribution in [3.63, 3.8) is 0 Å². The summed E-state index contributed by atoms with van der Waals surface area (Å²) in [7, 11) is 0. The highest BCUT2D eigenvalue weighted by atomic mass is 16.3. The number of hydrogen-bond donors (Lipinski definition) is 0. The van der Waals surface area contributed by atoms with Crippen LogP contribution in [0.15, 0.2) is 205 Å². The van der Waals surface area contributed by atoms with Gasteiger partial charge in [-0.05, 0) is 92.5 Å². The van der Waals surface area contributed by atoms with Crippen molar-refractivity contribution in [1.82, 2.24) is 0 Å². The average Bonchev–Trinajstić information content (AvgIpc) is 3.64. The van der Waals surface area contributed by atoms with Gasteiger partial charge in [-0.3, -0.25) is 0 Å². The fraction of sp³-hybridized carbons (Fsp3) is 0. The molecule has 0 aliphatic heterocycles. The molecule has 0 spiro atoms. The number of anilines is 3. The smallest absolute Gasteiger partial charge is 0.143 e. The Labute approximate surface area is 308 Å². The normalized spacial score (nSPS) is 12.5. The lowest BCUT2D eigenvalue weighted by Crippen LogP contribution is -2.11. The van der Waals surface area contributed by atoms with Crippen LogP contribution >= 0.6 is 0 Å². The van der Waals surface area contributed by atoms with Crippen molar-refractivity contribution in [1.29, 1.82) is 0 Å². The van der Waals surface area contributed by atoms with Gasteiger partial charge in [0.1, 0.15) is 11.2 Å². The van der Waals surface area contributed by atoms with Crippen LogP contribution in [0, 0.1) is 0 Å². The number of benzene rings is 9. The maximum absolute atomic E-state index is 9.51. The topological polar surface area (TPSA) is 16.4 Å². The van der Waals surface area contributed by atoms with Crippen LogP contribution in [0.4, 0.5) is 17.1 Å². The van der Waals surface area contributed by atoms with Crippen LogP contribution in [-0.2, 0) is 0 Å². The lowest BCUT2D eigenvalue weighted by molar-refractivity contribution is 0.672. The maximum Gasteiger partial charge on any atom is 0.143 e. The highest BCUT2D eigenvalue weighted by Gasteiger charge is 2.20. The molecule has 1 heterocycles. The Hall–Kier alpha value is -6.90. The molecule has 0 radical (unpaired) electrons. The van der Waals surface area contributed by atoms with Gasteiger partial charge in [0.2, 0.25) is 0 Å². The maximum atomic E-state index is 9.51. The minimum Gasteiger partial charge on any atom is -0.455 e. The molecule has 52 heavy (non-hydrogen) atoms. The van der Waals surface area contributed by atoms with E-state index in [1.54, 1.807) is 0 Å². The van der Waals surface area contributed by atoms with Crippen molar-refractivity contribution in [2.75, 3.05) is 4.90 Å². The zero-order valence-corrected chi connectivity index (χ0v) is 28.1. The van der Waals surface area contributed by atoms with Gasteiger partial charge in [0, 0.05) is 33.1 Å². The van der Waals surface area contributed by atoms with E-state index in [0.29, 0.717) is 11.3 Å². The Morgan fingerprint density at radius 1 is 0.385 bits per heavy atom. The molecule has 0 aliphatic carbocycles. The minimum atomic E-state index is -0.125. The SMILES string of the molecule is [2H]c1c([2H])c(N(c2ccc(-c3ccc4ccccc4c3)cc2)c2ccccc2-c2cccc3c2ccc2c4ccccc4oc32)c([2H])c([2H])c1-c1ccccc1. The molecule has 2 nitrogen and oxygen atoms in total. The number of para-hydroxylation sites is 2. The molecule has 0 aliphatic rings. The first-order chi connectivity index (χ1) is 27.5. The fourth-order valence-electron chi connectivity index (χ4n) is 7.40. The standard InChI is InChI=1S/C50H33NO/c1-2-11-34(12-3-1)36-23-27-40(28-24-36)51(41-29-25-37(26-30-41)39-22-21-35-13-4-5-14-38(35)33-39)48-19-8-6-15-44(48)42-17-10-18-46-43(42)31-32-47-45-16-7-9-20-49(45)52-50(46)47/h1-33H/i23D,24D,27D,28D. The monoisotopic (exact) mass is 667 g/mol. The summed E-state index contributed by atoms with van der Waals surface area (Å²) in [4.78, 5) is 1.88. The van der Waals surface area contributed by atoms with Gasteiger partial charge in [-0.25, -0.2) is 0 Å². The van der Waals surface area contributed by atoms with Crippen LogP contribution in [0.2, 0.25) is 0 Å². The molecule has 10 rings (SSSR count). The predicted octanol–water partition coefficient (Wildman–Crippen LogP) is 14.4. The second-order valence-electron chi connectivity index (χ2n) is 13.0. The first kappa shape index (κ1) is 26.0. The number of nitrogens with zero attached hydrogens (tertiary/aromatic N) is 1. The summed E-state index contributed by atoms with van der Waals surface area (Å²) in [5.74, 6) is 0. The molecule has 0 N–H and O–H groups in total. The van der Waals surface area contributed by atoms with Crippen molar-refractivity contribution >= 4 is 60.5 Å². The van der Waals surface area contributed by atoms with Crippen molar-refractivity contribution in [2.45, 2.75) is 0 Å². The summed E-state index contributed by atoms with van der Waals surface area (Å²) < 4.78 is 44.0. The van der Waals surface area contributed by atoms with Crippen LogP contribution in [0.5, 0.6) is 0 Å². The summed E-state index contributed by atoms with van der Waals surface area (Å²) in [6, 6.07) is 58.1. The van der Waals surface area contributed by atoms with Crippen LogP contribution in [0.25, 0.3) is 76.9 Å². The molecule has 0 saturated heterocycles. The molecule has 0 bridgehead atoms. The number of rotatable bonds is 6. The second kappa shape index (κ2) is 12.5. The van der Waals surface area contributed by atoms with Gasteiger partial charge in [-0.15, -0.1) is 0 Å². The molecule has 0 fully saturated rings. The molecule has 10 aromatic rings. The predicted molar refractivity (Wildman–Crippen MR) is 220 cm³/mol. The highest BCUT2D eigenvalue weighted by Crippen LogP contribution is 2.45. The summed E-state index contributed by atoms with van der Waals surface area (Å²) in [6.45, 7) is 0. The van der Waals surface area contributed by atoms with E-state index in [2.05, 4.69) is 78.9 Å². The number of furan rings is 1. The third-order valence-corrected chi connectivity index (χ3v) is 9.94. The van der Waals surface area contributed by atoms with Gasteiger partial charge in [-0.1, -0.05) is 152 Å². The molecule has 2 heteroatoms. The van der Waals surface area contributed by atoms with E-state index in [9.17, 15) is 5.48 Å². The Bertz CT molecular complexity index is 3110. The van der Waals surface area contributed by atoms with Gasteiger partial charge in [0.05, 0.1) is 11.2 Å². The van der Waals surface area contributed by atoms with Crippen LogP contribution in [0.1, 0.15) is 5.48 Å². The highest BCUT2D eigenvalue weighted by molar-refractivity contribution is 6.17. The van der Waals surface area contributed by atoms with E-state index in [4.69, 9.17) is 4.42 Å². The molecule has 1 aromatic heterocycles. The van der Waals surface area contributed by atoms with Crippen molar-refractivity contribution in [3.05, 3.63) is 200 Å². The quantitative estimate of drug-likeness (QED) is 0.175. The average molecular weight is 668 g/mol. The fourth-order valence-corrected chi connectivity index (χ4v) is 7.40. The van der Waals surface area contributed by atoms with E-state index in [1.165, 1.54) is 5.39 Å². The summed E-state index contributed by atoms with van der Waals surface area (Å²) in [5, 5.41) is 6.42. The van der Waals surface area contributed by atoms with E-state index >= 15 is 0 Å². The van der Waals surface area contributed by atoms with Gasteiger partial charge in [0.25, 0.3) is 0 Å². The van der Waals surface area contributed by atoms with Crippen LogP contribution in [0.3, 0.4) is 0 Å². The van der Waals surface area contributed by atoms with E-state index in [-0.39, 0.29) is 35.4 Å². The lowest BCUT2D eigenvalue weighted by Gasteiger charge is -2.28. The van der Waals surface area contributed by atoms with Crippen molar-refractivity contribution in [3.8, 4) is 33.4 Å². The molecule has 244 valence electrons. The number of fused-ring (bicyclic) bond motifs is 6. The van der Waals surface area contributed by atoms with Crippen molar-refractivity contribution < 1.29 is 9.90 Å². The zero-order chi connectivity index (χ0) is 37.9. The number of hydrogen-bond acceptors (Lipinski definition) is 2. The Kier molecular flexibility index (Phi) is 6.22. The summed E-state index contributed by atoms with van der Waals surface area (Å²) in [5.41, 5.74) is 8.08. The second-order valence-corrected chi connectivity index (χ2v) is 13.0. The van der Waals surface area contributed by atoms with E-state index < -0.39 is 0 Å². The van der Waals surface area contributed by atoms with Crippen molar-refractivity contribution in [2.24, 2.45) is 0 Å². The largest absolute Gasteiger partial charge is 0.455 e. The van der Waals surface area contributed by atoms with E-state index in [1.807, 2.05) is 102 Å². The summed E-state index contributed by atoms with van der Waals surface area (Å²) in [6.07, 6.45) is 0. The summed E-state index contributed by atoms with van der Waals surface area (Å²) >= 11 is 0. The van der Waals surface area contributed by atoms with E-state index in [0.717, 1.165) is 66.0 Å². The first-order valence-corrected chi connectivity index (χ1v) is 17.4. The molecule has 0 unspecified atom stereocenters. The molecule has 0 saturated carbocycles. The van der Waals surface area contributed by atoms with Gasteiger partial charge in [0.15, 0.2) is 0 Å². The van der Waals surface area contributed by atoms with Gasteiger partial charge < -0.3 is 9.32 Å². The van der Waals surface area contributed by atoms with Gasteiger partial charge >= 0.3 is 0 Å². The molecule has 0 amide bonds. The molecular weight excluding hydrogens is 631 g/mol. The lowest BCUT2D eigenvalue weighted by atomic mass is 9.94. The van der Waals surface area contributed by atoms with Crippen LogP contribution in [-0.4, -0.2) is 0 Å². The third kappa shape index (κ3) is 5.12. The molecule has 0 atom stereocenters. The van der Waals surface area contributed by atoms with Gasteiger partial charge in [-0.2, -0.15) is 0 Å². The van der Waals surface area contributed by atoms with Crippen LogP contribution < -0.4 is 4.90 Å².